The largest absolute Gasteiger partial charge is 0.454 e. The molecule has 0 saturated carbocycles. The molecule has 96 valence electrons. The summed E-state index contributed by atoms with van der Waals surface area (Å²) in [6, 6.07) is 12.7. The fourth-order valence-corrected chi connectivity index (χ4v) is 2.27. The highest BCUT2D eigenvalue weighted by atomic mass is 127. The first-order chi connectivity index (χ1) is 8.78. The van der Waals surface area contributed by atoms with E-state index in [2.05, 4.69) is 59.1 Å². The maximum atomic E-state index is 5.51. The summed E-state index contributed by atoms with van der Waals surface area (Å²) in [4.78, 5) is 0. The molecule has 0 saturated heterocycles. The first-order valence-corrected chi connectivity index (χ1v) is 7.43. The number of hydrogen-bond acceptors (Lipinski definition) is 2. The summed E-state index contributed by atoms with van der Waals surface area (Å²) in [7, 11) is 0. The molecule has 3 heteroatoms. The van der Waals surface area contributed by atoms with Gasteiger partial charge >= 0.3 is 0 Å². The van der Waals surface area contributed by atoms with Gasteiger partial charge in [0.1, 0.15) is 5.76 Å². The van der Waals surface area contributed by atoms with Gasteiger partial charge in [0.15, 0.2) is 3.77 Å². The number of nitrogens with one attached hydrogen (secondary N) is 1. The average molecular weight is 355 g/mol. The third-order valence-electron chi connectivity index (χ3n) is 2.87. The van der Waals surface area contributed by atoms with Gasteiger partial charge in [-0.1, -0.05) is 25.5 Å². The number of halogens is 1. The molecule has 0 fully saturated rings. The molecule has 2 aromatic rings. The number of rotatable bonds is 6. The molecule has 0 aliphatic carbocycles. The molecule has 0 bridgehead atoms. The van der Waals surface area contributed by atoms with E-state index in [1.165, 1.54) is 24.8 Å². The summed E-state index contributed by atoms with van der Waals surface area (Å²) in [6.45, 7) is 2.96. The molecule has 1 aromatic carbocycles. The Morgan fingerprint density at radius 3 is 2.50 bits per heavy atom. The third kappa shape index (κ3) is 4.05. The van der Waals surface area contributed by atoms with E-state index in [0.29, 0.717) is 0 Å². The SMILES string of the molecule is CCCCc1ccc(NCc2ccc(I)o2)cc1. The van der Waals surface area contributed by atoms with E-state index in [1.54, 1.807) is 0 Å². The van der Waals surface area contributed by atoms with E-state index >= 15 is 0 Å². The Bertz CT molecular complexity index is 475. The maximum absolute atomic E-state index is 5.51. The minimum Gasteiger partial charge on any atom is -0.454 e. The van der Waals surface area contributed by atoms with E-state index in [9.17, 15) is 0 Å². The zero-order valence-electron chi connectivity index (χ0n) is 10.6. The Hall–Kier alpha value is -0.970. The second-order valence-corrected chi connectivity index (χ2v) is 5.42. The minimum absolute atomic E-state index is 0.733. The highest BCUT2D eigenvalue weighted by Crippen LogP contribution is 2.15. The molecule has 0 spiro atoms. The van der Waals surface area contributed by atoms with Crippen molar-refractivity contribution in [3.05, 3.63) is 51.5 Å². The molecule has 18 heavy (non-hydrogen) atoms. The zero-order valence-corrected chi connectivity index (χ0v) is 12.7. The molecule has 2 nitrogen and oxygen atoms in total. The fraction of sp³-hybridized carbons (Fsp3) is 0.333. The third-order valence-corrected chi connectivity index (χ3v) is 3.45. The highest BCUT2D eigenvalue weighted by molar-refractivity contribution is 14.1. The number of anilines is 1. The first-order valence-electron chi connectivity index (χ1n) is 6.35. The van der Waals surface area contributed by atoms with Crippen molar-refractivity contribution in [2.24, 2.45) is 0 Å². The van der Waals surface area contributed by atoms with Gasteiger partial charge in [0.25, 0.3) is 0 Å². The average Bonchev–Trinajstić information content (AvgIpc) is 2.81. The molecule has 0 amide bonds. The van der Waals surface area contributed by atoms with Crippen molar-refractivity contribution in [2.75, 3.05) is 5.32 Å². The van der Waals surface area contributed by atoms with Crippen molar-refractivity contribution in [3.8, 4) is 0 Å². The van der Waals surface area contributed by atoms with Crippen LogP contribution in [-0.4, -0.2) is 0 Å². The van der Waals surface area contributed by atoms with Gasteiger partial charge in [0.05, 0.1) is 6.54 Å². The quantitative estimate of drug-likeness (QED) is 0.751. The molecule has 2 rings (SSSR count). The van der Waals surface area contributed by atoms with Crippen molar-refractivity contribution in [1.82, 2.24) is 0 Å². The van der Waals surface area contributed by atoms with Crippen LogP contribution in [-0.2, 0) is 13.0 Å². The highest BCUT2D eigenvalue weighted by Gasteiger charge is 1.99. The number of aryl methyl sites for hydroxylation is 1. The van der Waals surface area contributed by atoms with Crippen molar-refractivity contribution < 1.29 is 4.42 Å². The Morgan fingerprint density at radius 2 is 1.89 bits per heavy atom. The normalized spacial score (nSPS) is 10.6. The van der Waals surface area contributed by atoms with Gasteiger partial charge in [0.2, 0.25) is 0 Å². The summed E-state index contributed by atoms with van der Waals surface area (Å²) in [5.41, 5.74) is 2.55. The van der Waals surface area contributed by atoms with Gasteiger partial charge in [0, 0.05) is 5.69 Å². The molecular formula is C15H18INO. The molecule has 1 heterocycles. The van der Waals surface area contributed by atoms with Gasteiger partial charge in [-0.05, 0) is 65.3 Å². The van der Waals surface area contributed by atoms with Crippen molar-refractivity contribution in [2.45, 2.75) is 32.7 Å². The number of unbranched alkanes of at least 4 members (excludes halogenated alkanes) is 1. The van der Waals surface area contributed by atoms with Crippen molar-refractivity contribution in [1.29, 1.82) is 0 Å². The molecule has 0 aliphatic heterocycles. The molecule has 0 aliphatic rings. The monoisotopic (exact) mass is 355 g/mol. The lowest BCUT2D eigenvalue weighted by atomic mass is 10.1. The van der Waals surface area contributed by atoms with Gasteiger partial charge in [-0.3, -0.25) is 0 Å². The zero-order chi connectivity index (χ0) is 12.8. The lowest BCUT2D eigenvalue weighted by molar-refractivity contribution is 0.493. The summed E-state index contributed by atoms with van der Waals surface area (Å²) >= 11 is 2.18. The fourth-order valence-electron chi connectivity index (χ4n) is 1.81. The first kappa shape index (κ1) is 13.5. The lowest BCUT2D eigenvalue weighted by Gasteiger charge is -2.06. The Kier molecular flexibility index (Phi) is 5.11. The van der Waals surface area contributed by atoms with Crippen LogP contribution in [0.15, 0.2) is 40.8 Å². The predicted molar refractivity (Wildman–Crippen MR) is 83.8 cm³/mol. The Balaban J connectivity index is 1.86. The van der Waals surface area contributed by atoms with Gasteiger partial charge < -0.3 is 9.73 Å². The van der Waals surface area contributed by atoms with E-state index in [0.717, 1.165) is 21.8 Å². The van der Waals surface area contributed by atoms with Gasteiger partial charge in [-0.2, -0.15) is 0 Å². The number of benzene rings is 1. The van der Waals surface area contributed by atoms with Crippen LogP contribution in [0.4, 0.5) is 5.69 Å². The lowest BCUT2D eigenvalue weighted by Crippen LogP contribution is -1.98. The maximum Gasteiger partial charge on any atom is 0.164 e. The number of hydrogen-bond donors (Lipinski definition) is 1. The summed E-state index contributed by atoms with van der Waals surface area (Å²) < 4.78 is 6.44. The molecule has 0 radical (unpaired) electrons. The van der Waals surface area contributed by atoms with E-state index < -0.39 is 0 Å². The molecular weight excluding hydrogens is 337 g/mol. The smallest absolute Gasteiger partial charge is 0.164 e. The summed E-state index contributed by atoms with van der Waals surface area (Å²) in [5, 5.41) is 3.36. The second kappa shape index (κ2) is 6.83. The van der Waals surface area contributed by atoms with E-state index in [4.69, 9.17) is 4.42 Å². The Morgan fingerprint density at radius 1 is 1.11 bits per heavy atom. The van der Waals surface area contributed by atoms with Crippen molar-refractivity contribution >= 4 is 28.3 Å². The topological polar surface area (TPSA) is 25.2 Å². The standard InChI is InChI=1S/C15H18INO/c1-2-3-4-12-5-7-13(8-6-12)17-11-14-9-10-15(16)18-14/h5-10,17H,2-4,11H2,1H3. The van der Waals surface area contributed by atoms with Gasteiger partial charge in [-0.15, -0.1) is 0 Å². The molecule has 1 N–H and O–H groups in total. The molecule has 0 unspecified atom stereocenters. The van der Waals surface area contributed by atoms with E-state index in [1.807, 2.05) is 12.1 Å². The number of furan rings is 1. The predicted octanol–water partition coefficient (Wildman–Crippen LogP) is 4.84. The Labute approximate surface area is 122 Å². The van der Waals surface area contributed by atoms with Crippen LogP contribution in [0.5, 0.6) is 0 Å². The van der Waals surface area contributed by atoms with Crippen LogP contribution >= 0.6 is 22.6 Å². The van der Waals surface area contributed by atoms with Crippen LogP contribution in [0.3, 0.4) is 0 Å². The van der Waals surface area contributed by atoms with Crippen LogP contribution in [0.1, 0.15) is 31.1 Å². The van der Waals surface area contributed by atoms with Crippen LogP contribution < -0.4 is 5.32 Å². The van der Waals surface area contributed by atoms with Crippen LogP contribution in [0, 0.1) is 3.77 Å². The molecule has 0 atom stereocenters. The summed E-state index contributed by atoms with van der Waals surface area (Å²) in [5.74, 6) is 0.967. The van der Waals surface area contributed by atoms with Crippen LogP contribution in [0.2, 0.25) is 0 Å². The second-order valence-electron chi connectivity index (χ2n) is 4.36. The summed E-state index contributed by atoms with van der Waals surface area (Å²) in [6.07, 6.45) is 3.68. The van der Waals surface area contributed by atoms with Crippen molar-refractivity contribution in [3.63, 3.8) is 0 Å². The minimum atomic E-state index is 0.733. The molecule has 1 aromatic heterocycles. The van der Waals surface area contributed by atoms with Gasteiger partial charge in [-0.25, -0.2) is 0 Å². The van der Waals surface area contributed by atoms with Crippen LogP contribution in [0.25, 0.3) is 0 Å². The van der Waals surface area contributed by atoms with E-state index in [-0.39, 0.29) is 0 Å².